The lowest BCUT2D eigenvalue weighted by molar-refractivity contribution is 0.102. The zero-order valence-corrected chi connectivity index (χ0v) is 11.7. The molecule has 2 aromatic rings. The van der Waals surface area contributed by atoms with Gasteiger partial charge in [-0.15, -0.1) is 16.8 Å². The zero-order valence-electron chi connectivity index (χ0n) is 10.9. The lowest BCUT2D eigenvalue weighted by atomic mass is 10.2. The Labute approximate surface area is 125 Å². The highest BCUT2D eigenvalue weighted by Gasteiger charge is 2.16. The molecule has 0 bridgehead atoms. The molecule has 0 atom stereocenters. The van der Waals surface area contributed by atoms with Crippen LogP contribution in [0, 0.1) is 5.82 Å². The summed E-state index contributed by atoms with van der Waals surface area (Å²) < 4.78 is 13.6. The summed E-state index contributed by atoms with van der Waals surface area (Å²) in [6, 6.07) is 7.21. The second-order valence-electron chi connectivity index (χ2n) is 4.02. The molecule has 0 aliphatic heterocycles. The van der Waals surface area contributed by atoms with Crippen LogP contribution in [0.25, 0.3) is 0 Å². The fraction of sp³-hybridized carbons (Fsp3) is 0.0714. The average Bonchev–Trinajstić information content (AvgIpc) is 2.46. The number of carbonyl (C=O) groups is 1. The second-order valence-corrected chi connectivity index (χ2v) is 4.43. The molecular weight excluding hydrogens is 295 g/mol. The number of hydrogen-bond acceptors (Lipinski definition) is 4. The van der Waals surface area contributed by atoms with Gasteiger partial charge in [0.05, 0.1) is 10.6 Å². The molecule has 1 aromatic carbocycles. The number of hydrogen-bond donors (Lipinski definition) is 2. The predicted molar refractivity (Wildman–Crippen MR) is 80.1 cm³/mol. The minimum atomic E-state index is -0.697. The van der Waals surface area contributed by atoms with Crippen LogP contribution in [0.5, 0.6) is 0 Å². The maximum Gasteiger partial charge on any atom is 0.261 e. The molecule has 5 nitrogen and oxygen atoms in total. The Balaban J connectivity index is 2.11. The Morgan fingerprint density at radius 1 is 1.29 bits per heavy atom. The van der Waals surface area contributed by atoms with Crippen LogP contribution < -0.4 is 10.6 Å². The molecular formula is C14H12ClFN4O. The first-order valence-electron chi connectivity index (χ1n) is 6.05. The number of rotatable bonds is 5. The number of nitrogens with one attached hydrogen (secondary N) is 2. The van der Waals surface area contributed by atoms with E-state index >= 15 is 0 Å². The molecule has 0 saturated heterocycles. The van der Waals surface area contributed by atoms with Crippen molar-refractivity contribution in [1.29, 1.82) is 0 Å². The molecule has 108 valence electrons. The number of halogens is 2. The van der Waals surface area contributed by atoms with Gasteiger partial charge >= 0.3 is 0 Å². The van der Waals surface area contributed by atoms with Gasteiger partial charge in [0.25, 0.3) is 5.91 Å². The van der Waals surface area contributed by atoms with E-state index in [0.29, 0.717) is 12.4 Å². The van der Waals surface area contributed by atoms with Crippen LogP contribution in [0.4, 0.5) is 16.0 Å². The molecule has 2 N–H and O–H groups in total. The summed E-state index contributed by atoms with van der Waals surface area (Å²) in [7, 11) is 0. The van der Waals surface area contributed by atoms with Gasteiger partial charge in [-0.25, -0.2) is 4.39 Å². The van der Waals surface area contributed by atoms with Crippen LogP contribution in [0.2, 0.25) is 5.02 Å². The highest BCUT2D eigenvalue weighted by atomic mass is 35.5. The minimum Gasteiger partial charge on any atom is -0.365 e. The molecule has 0 saturated carbocycles. The maximum atomic E-state index is 13.6. The van der Waals surface area contributed by atoms with E-state index in [-0.39, 0.29) is 16.4 Å². The highest BCUT2D eigenvalue weighted by Crippen LogP contribution is 2.20. The van der Waals surface area contributed by atoms with Crippen LogP contribution in [-0.2, 0) is 0 Å². The summed E-state index contributed by atoms with van der Waals surface area (Å²) in [4.78, 5) is 12.0. The lowest BCUT2D eigenvalue weighted by Crippen LogP contribution is -2.16. The van der Waals surface area contributed by atoms with E-state index in [9.17, 15) is 9.18 Å². The molecule has 1 amide bonds. The van der Waals surface area contributed by atoms with Gasteiger partial charge in [-0.1, -0.05) is 23.7 Å². The van der Waals surface area contributed by atoms with Gasteiger partial charge in [-0.2, -0.15) is 0 Å². The van der Waals surface area contributed by atoms with E-state index in [4.69, 9.17) is 11.6 Å². The van der Waals surface area contributed by atoms with Crippen molar-refractivity contribution in [2.45, 2.75) is 0 Å². The quantitative estimate of drug-likeness (QED) is 0.833. The second kappa shape index (κ2) is 6.81. The first-order valence-corrected chi connectivity index (χ1v) is 6.43. The first kappa shape index (κ1) is 14.9. The van der Waals surface area contributed by atoms with Crippen LogP contribution in [0.15, 0.2) is 43.0 Å². The van der Waals surface area contributed by atoms with Gasteiger partial charge in [-0.3, -0.25) is 4.79 Å². The summed E-state index contributed by atoms with van der Waals surface area (Å²) >= 11 is 5.82. The van der Waals surface area contributed by atoms with Crippen molar-refractivity contribution in [3.05, 3.63) is 59.4 Å². The molecule has 7 heteroatoms. The Hall–Kier alpha value is -2.47. The van der Waals surface area contributed by atoms with Crippen molar-refractivity contribution in [2.75, 3.05) is 17.2 Å². The number of amides is 1. The van der Waals surface area contributed by atoms with Gasteiger partial charge in [0.1, 0.15) is 11.6 Å². The van der Waals surface area contributed by atoms with E-state index in [1.54, 1.807) is 18.2 Å². The molecule has 0 unspecified atom stereocenters. The van der Waals surface area contributed by atoms with Crippen LogP contribution in [0.3, 0.4) is 0 Å². The molecule has 0 radical (unpaired) electrons. The van der Waals surface area contributed by atoms with Crippen molar-refractivity contribution in [3.63, 3.8) is 0 Å². The molecule has 0 aliphatic carbocycles. The number of anilines is 2. The maximum absolute atomic E-state index is 13.6. The van der Waals surface area contributed by atoms with E-state index in [1.165, 1.54) is 12.1 Å². The van der Waals surface area contributed by atoms with E-state index < -0.39 is 11.7 Å². The zero-order chi connectivity index (χ0) is 15.2. The van der Waals surface area contributed by atoms with Crippen LogP contribution in [0.1, 0.15) is 10.4 Å². The van der Waals surface area contributed by atoms with E-state index in [0.717, 1.165) is 6.07 Å². The van der Waals surface area contributed by atoms with Gasteiger partial charge < -0.3 is 10.6 Å². The van der Waals surface area contributed by atoms with Crippen molar-refractivity contribution >= 4 is 29.1 Å². The van der Waals surface area contributed by atoms with Gasteiger partial charge in [0.2, 0.25) is 0 Å². The van der Waals surface area contributed by atoms with Gasteiger partial charge in [-0.05, 0) is 24.3 Å². The Bertz CT molecular complexity index is 640. The number of aromatic nitrogens is 2. The topological polar surface area (TPSA) is 66.9 Å². The third kappa shape index (κ3) is 3.76. The molecule has 0 fully saturated rings. The average molecular weight is 307 g/mol. The SMILES string of the molecule is C=CCNc1ccc(NC(=O)c2c(F)cccc2Cl)nn1. The fourth-order valence-corrected chi connectivity index (χ4v) is 1.81. The van der Waals surface area contributed by atoms with Crippen molar-refractivity contribution in [2.24, 2.45) is 0 Å². The molecule has 1 heterocycles. The lowest BCUT2D eigenvalue weighted by Gasteiger charge is -2.07. The summed E-state index contributed by atoms with van der Waals surface area (Å²) in [5.74, 6) is -0.642. The molecule has 1 aromatic heterocycles. The molecule has 2 rings (SSSR count). The molecule has 0 aliphatic rings. The predicted octanol–water partition coefficient (Wildman–Crippen LogP) is 3.12. The highest BCUT2D eigenvalue weighted by molar-refractivity contribution is 6.34. The third-order valence-corrected chi connectivity index (χ3v) is 2.84. The minimum absolute atomic E-state index is 0.0322. The van der Waals surface area contributed by atoms with Crippen molar-refractivity contribution in [1.82, 2.24) is 10.2 Å². The van der Waals surface area contributed by atoms with Crippen LogP contribution in [-0.4, -0.2) is 22.6 Å². The Kier molecular flexibility index (Phi) is 4.84. The van der Waals surface area contributed by atoms with Gasteiger partial charge in [0, 0.05) is 6.54 Å². The molecule has 0 spiro atoms. The van der Waals surface area contributed by atoms with E-state index in [1.807, 2.05) is 0 Å². The summed E-state index contributed by atoms with van der Waals surface area (Å²) in [5, 5.41) is 13.1. The summed E-state index contributed by atoms with van der Waals surface area (Å²) in [5.41, 5.74) is -0.227. The molecule has 21 heavy (non-hydrogen) atoms. The van der Waals surface area contributed by atoms with Crippen molar-refractivity contribution in [3.8, 4) is 0 Å². The fourth-order valence-electron chi connectivity index (χ4n) is 1.56. The van der Waals surface area contributed by atoms with Gasteiger partial charge in [0.15, 0.2) is 5.82 Å². The number of benzene rings is 1. The summed E-state index contributed by atoms with van der Waals surface area (Å²) in [6.45, 7) is 4.11. The third-order valence-electron chi connectivity index (χ3n) is 2.52. The van der Waals surface area contributed by atoms with E-state index in [2.05, 4.69) is 27.4 Å². The smallest absolute Gasteiger partial charge is 0.261 e. The number of carbonyl (C=O) groups excluding carboxylic acids is 1. The van der Waals surface area contributed by atoms with Crippen LogP contribution >= 0.6 is 11.6 Å². The normalized spacial score (nSPS) is 10.0. The standard InChI is InChI=1S/C14H12ClFN4O/c1-2-8-17-11-6-7-12(20-19-11)18-14(21)13-9(15)4-3-5-10(13)16/h2-7H,1,8H2,(H,17,19)(H,18,20,21). The Morgan fingerprint density at radius 2 is 2.00 bits per heavy atom. The monoisotopic (exact) mass is 306 g/mol. The first-order chi connectivity index (χ1) is 10.1. The van der Waals surface area contributed by atoms with Crippen molar-refractivity contribution < 1.29 is 9.18 Å². The number of nitrogens with zero attached hydrogens (tertiary/aromatic N) is 2. The largest absolute Gasteiger partial charge is 0.365 e. The Morgan fingerprint density at radius 3 is 2.62 bits per heavy atom. The summed E-state index contributed by atoms with van der Waals surface area (Å²) in [6.07, 6.45) is 1.68.